The molecule has 0 unspecified atom stereocenters. The molecule has 7 nitrogen and oxygen atoms in total. The summed E-state index contributed by atoms with van der Waals surface area (Å²) in [6.45, 7) is 4.41. The van der Waals surface area contributed by atoms with Crippen LogP contribution < -0.4 is 0 Å². The molecule has 2 heterocycles. The van der Waals surface area contributed by atoms with Crippen molar-refractivity contribution in [3.8, 4) is 0 Å². The normalized spacial score (nSPS) is 34.6. The lowest BCUT2D eigenvalue weighted by molar-refractivity contribution is -0.160. The molecule has 0 aromatic carbocycles. The number of esters is 1. The molecule has 2 aromatic rings. The van der Waals surface area contributed by atoms with Crippen molar-refractivity contribution in [2.45, 2.75) is 102 Å². The third-order valence-electron chi connectivity index (χ3n) is 10.3. The zero-order valence-electron chi connectivity index (χ0n) is 22.1. The van der Waals surface area contributed by atoms with Crippen LogP contribution in [0.1, 0.15) is 99.8 Å². The van der Waals surface area contributed by atoms with Crippen molar-refractivity contribution in [1.29, 1.82) is 0 Å². The van der Waals surface area contributed by atoms with Crippen LogP contribution in [0.2, 0.25) is 0 Å². The summed E-state index contributed by atoms with van der Waals surface area (Å²) in [5.41, 5.74) is 4.97. The van der Waals surface area contributed by atoms with Crippen molar-refractivity contribution in [2.75, 3.05) is 13.7 Å². The summed E-state index contributed by atoms with van der Waals surface area (Å²) in [4.78, 5) is 29.4. The van der Waals surface area contributed by atoms with E-state index in [-0.39, 0.29) is 27.6 Å². The van der Waals surface area contributed by atoms with Crippen molar-refractivity contribution >= 4 is 5.97 Å². The number of hydrogen-bond acceptors (Lipinski definition) is 7. The van der Waals surface area contributed by atoms with Gasteiger partial charge in [0.05, 0.1) is 23.9 Å². The highest BCUT2D eigenvalue weighted by Gasteiger charge is 2.54. The largest absolute Gasteiger partial charge is 0.469 e. The zero-order chi connectivity index (χ0) is 25.4. The van der Waals surface area contributed by atoms with Crippen LogP contribution in [0.15, 0.2) is 24.8 Å². The molecule has 36 heavy (non-hydrogen) atoms. The average molecular weight is 493 g/mol. The number of carbonyl (C=O) groups is 1. The van der Waals surface area contributed by atoms with E-state index >= 15 is 0 Å². The van der Waals surface area contributed by atoms with Crippen LogP contribution in [0, 0.1) is 24.7 Å². The van der Waals surface area contributed by atoms with Gasteiger partial charge in [-0.25, -0.2) is 19.9 Å². The van der Waals surface area contributed by atoms with Gasteiger partial charge < -0.3 is 9.84 Å². The summed E-state index contributed by atoms with van der Waals surface area (Å²) in [5, 5.41) is 9.54. The zero-order valence-corrected chi connectivity index (χ0v) is 22.1. The molecule has 6 saturated carbocycles. The second-order valence-corrected chi connectivity index (χ2v) is 12.1. The number of aromatic nitrogens is 4. The van der Waals surface area contributed by atoms with Gasteiger partial charge in [0, 0.05) is 28.8 Å². The van der Waals surface area contributed by atoms with Gasteiger partial charge in [-0.1, -0.05) is 0 Å². The Bertz CT molecular complexity index is 1070. The van der Waals surface area contributed by atoms with Crippen molar-refractivity contribution in [3.63, 3.8) is 0 Å². The van der Waals surface area contributed by atoms with Gasteiger partial charge in [0.2, 0.25) is 0 Å². The number of aliphatic hydroxyl groups excluding tert-OH is 1. The molecule has 6 aliphatic rings. The van der Waals surface area contributed by atoms with E-state index in [1.54, 1.807) is 12.7 Å². The molecular weight excluding hydrogens is 452 g/mol. The lowest BCUT2D eigenvalue weighted by Gasteiger charge is -2.52. The molecule has 0 saturated heterocycles. The first-order valence-corrected chi connectivity index (χ1v) is 13.6. The van der Waals surface area contributed by atoms with E-state index in [9.17, 15) is 9.90 Å². The quantitative estimate of drug-likeness (QED) is 0.605. The minimum Gasteiger partial charge on any atom is -0.469 e. The van der Waals surface area contributed by atoms with Crippen molar-refractivity contribution in [1.82, 2.24) is 19.9 Å². The molecule has 0 aliphatic heterocycles. The van der Waals surface area contributed by atoms with E-state index in [0.29, 0.717) is 6.61 Å². The highest BCUT2D eigenvalue weighted by atomic mass is 16.5. The Morgan fingerprint density at radius 3 is 1.53 bits per heavy atom. The maximum absolute atomic E-state index is 12.0. The molecule has 7 heteroatoms. The van der Waals surface area contributed by atoms with E-state index in [2.05, 4.69) is 32.1 Å². The minimum atomic E-state index is -0.210. The molecule has 2 aromatic heterocycles. The third-order valence-corrected chi connectivity index (χ3v) is 10.3. The van der Waals surface area contributed by atoms with E-state index in [4.69, 9.17) is 4.74 Å². The van der Waals surface area contributed by atoms with Crippen LogP contribution in [0.5, 0.6) is 0 Å². The van der Waals surface area contributed by atoms with Crippen LogP contribution in [0.25, 0.3) is 0 Å². The number of hydrogen-bond donors (Lipinski definition) is 1. The first-order valence-electron chi connectivity index (χ1n) is 13.6. The number of rotatable bonds is 4. The number of methoxy groups -OCH3 is 1. The van der Waals surface area contributed by atoms with Gasteiger partial charge in [-0.3, -0.25) is 4.79 Å². The summed E-state index contributed by atoms with van der Waals surface area (Å²) in [6, 6.07) is 4.26. The van der Waals surface area contributed by atoms with Crippen LogP contribution in [0.3, 0.4) is 0 Å². The molecule has 194 valence electrons. The Morgan fingerprint density at radius 2 is 1.17 bits per heavy atom. The number of carbonyl (C=O) groups excluding carboxylic acids is 1. The maximum Gasteiger partial charge on any atom is 0.311 e. The van der Waals surface area contributed by atoms with Crippen LogP contribution in [-0.2, 0) is 20.4 Å². The van der Waals surface area contributed by atoms with Gasteiger partial charge in [-0.15, -0.1) is 0 Å². The summed E-state index contributed by atoms with van der Waals surface area (Å²) in [6.07, 6.45) is 16.3. The SMILES string of the molecule is COC(=O)C12CCC(c3cc(C)ncn3)(CC1)CC2.Cc1cc(C23CCC(CO)(CC2)CC3)ncn1. The highest BCUT2D eigenvalue weighted by Crippen LogP contribution is 2.58. The number of ether oxygens (including phenoxy) is 1. The topological polar surface area (TPSA) is 98.1 Å². The summed E-state index contributed by atoms with van der Waals surface area (Å²) >= 11 is 0. The average Bonchev–Trinajstić information content (AvgIpc) is 2.95. The summed E-state index contributed by atoms with van der Waals surface area (Å²) in [7, 11) is 1.50. The molecular formula is C29H40N4O3. The van der Waals surface area contributed by atoms with Gasteiger partial charge in [0.1, 0.15) is 12.7 Å². The van der Waals surface area contributed by atoms with Gasteiger partial charge >= 0.3 is 5.97 Å². The Labute approximate surface area is 214 Å². The van der Waals surface area contributed by atoms with Crippen molar-refractivity contribution < 1.29 is 14.6 Å². The second-order valence-electron chi connectivity index (χ2n) is 12.1. The van der Waals surface area contributed by atoms with Gasteiger partial charge in [0.15, 0.2) is 0 Å². The number of aliphatic hydroxyl groups is 1. The van der Waals surface area contributed by atoms with Crippen LogP contribution in [0.4, 0.5) is 0 Å². The molecule has 6 fully saturated rings. The standard InChI is InChI=1S/C15H20N2O2.C14H20N2O/c1-11-9-12(17-10-16-11)14-3-6-15(7-4-14,8-5-14)13(18)19-2;1-11-8-12(16-10-15-11)14-5-2-13(9-17,3-6-14)4-7-14/h9-10H,3-8H2,1-2H3;8,10,17H,2-7,9H2,1H3. The lowest BCUT2D eigenvalue weighted by atomic mass is 9.52. The van der Waals surface area contributed by atoms with Crippen LogP contribution in [-0.4, -0.2) is 44.7 Å². The van der Waals surface area contributed by atoms with Gasteiger partial charge in [0.25, 0.3) is 0 Å². The second kappa shape index (κ2) is 9.47. The first kappa shape index (κ1) is 25.2. The fourth-order valence-electron chi connectivity index (χ4n) is 7.47. The number of nitrogens with zero attached hydrogens (tertiary/aromatic N) is 4. The predicted octanol–water partition coefficient (Wildman–Crippen LogP) is 4.92. The Hall–Kier alpha value is -2.41. The third kappa shape index (κ3) is 4.33. The monoisotopic (exact) mass is 492 g/mol. The number of aryl methyl sites for hydroxylation is 2. The smallest absolute Gasteiger partial charge is 0.311 e. The molecule has 0 radical (unpaired) electrons. The molecule has 0 atom stereocenters. The van der Waals surface area contributed by atoms with Gasteiger partial charge in [-0.05, 0) is 108 Å². The van der Waals surface area contributed by atoms with Gasteiger partial charge in [-0.2, -0.15) is 0 Å². The van der Waals surface area contributed by atoms with Crippen molar-refractivity contribution in [3.05, 3.63) is 47.6 Å². The molecule has 0 spiro atoms. The predicted molar refractivity (Wildman–Crippen MR) is 136 cm³/mol. The van der Waals surface area contributed by atoms with E-state index in [1.807, 2.05) is 13.8 Å². The Balaban J connectivity index is 0.000000149. The number of fused-ring (bicyclic) bond motifs is 6. The molecule has 0 amide bonds. The highest BCUT2D eigenvalue weighted by molar-refractivity contribution is 5.77. The molecule has 1 N–H and O–H groups in total. The van der Waals surface area contributed by atoms with E-state index in [0.717, 1.165) is 74.9 Å². The Kier molecular flexibility index (Phi) is 6.64. The fourth-order valence-corrected chi connectivity index (χ4v) is 7.47. The lowest BCUT2D eigenvalue weighted by Crippen LogP contribution is -2.48. The maximum atomic E-state index is 12.0. The summed E-state index contributed by atoms with van der Waals surface area (Å²) < 4.78 is 5.00. The molecule has 8 rings (SSSR count). The van der Waals surface area contributed by atoms with Crippen LogP contribution >= 0.6 is 0 Å². The fraction of sp³-hybridized carbons (Fsp3) is 0.690. The molecule has 6 aliphatic carbocycles. The van der Waals surface area contributed by atoms with E-state index in [1.165, 1.54) is 32.1 Å². The van der Waals surface area contributed by atoms with E-state index < -0.39 is 0 Å². The Morgan fingerprint density at radius 1 is 0.750 bits per heavy atom. The summed E-state index contributed by atoms with van der Waals surface area (Å²) in [5.74, 6) is -0.0142. The molecule has 4 bridgehead atoms. The van der Waals surface area contributed by atoms with Crippen molar-refractivity contribution in [2.24, 2.45) is 10.8 Å². The first-order chi connectivity index (χ1) is 17.3. The minimum absolute atomic E-state index is 0.0142.